The van der Waals surface area contributed by atoms with Gasteiger partial charge in [0.25, 0.3) is 0 Å². The van der Waals surface area contributed by atoms with Crippen molar-refractivity contribution in [2.75, 3.05) is 0 Å². The van der Waals surface area contributed by atoms with Gasteiger partial charge in [0.1, 0.15) is 0 Å². The van der Waals surface area contributed by atoms with Crippen LogP contribution in [0.5, 0.6) is 0 Å². The minimum atomic E-state index is -5.09. The molecular weight excluding hydrogens is 745 g/mol. The van der Waals surface area contributed by atoms with Crippen LogP contribution in [-0.2, 0) is 12.4 Å². The molecule has 0 saturated carbocycles. The lowest BCUT2D eigenvalue weighted by Crippen LogP contribution is -2.14. The summed E-state index contributed by atoms with van der Waals surface area (Å²) in [5, 5.41) is 14.1. The number of hydrogen-bond donors (Lipinski definition) is 0. The first-order chi connectivity index (χ1) is 27.6. The van der Waals surface area contributed by atoms with E-state index in [1.54, 1.807) is 24.3 Å². The standard InChI is InChI=1S/C49H33F6N3/c1-27-8-15-41-34(20-27)35-21-28(2)9-16-42(35)57(41)45-19-13-32(47-39(48(50,51)52)6-5-7-40(47)49(53,54)55)25-38(45)33-14-12-31(26-56)24-46(33)58-43-17-10-29(3)22-36(43)37-23-30(4)11-18-44(37)58/h5-25H,1-4H3. The Hall–Kier alpha value is -6.79. The quantitative estimate of drug-likeness (QED) is 0.164. The lowest BCUT2D eigenvalue weighted by atomic mass is 9.90. The Balaban J connectivity index is 1.46. The van der Waals surface area contributed by atoms with E-state index in [-0.39, 0.29) is 5.56 Å². The normalized spacial score (nSPS) is 12.3. The molecule has 3 nitrogen and oxygen atoms in total. The highest BCUT2D eigenvalue weighted by atomic mass is 19.4. The smallest absolute Gasteiger partial charge is 0.309 e. The largest absolute Gasteiger partial charge is 0.417 e. The van der Waals surface area contributed by atoms with Crippen molar-refractivity contribution in [3.8, 4) is 39.7 Å². The van der Waals surface area contributed by atoms with E-state index in [9.17, 15) is 31.6 Å². The average Bonchev–Trinajstić information content (AvgIpc) is 3.67. The molecule has 0 saturated heterocycles. The second kappa shape index (κ2) is 13.1. The molecule has 2 heterocycles. The Labute approximate surface area is 329 Å². The molecule has 0 aliphatic heterocycles. The fourth-order valence-electron chi connectivity index (χ4n) is 8.47. The van der Waals surface area contributed by atoms with E-state index in [0.29, 0.717) is 40.2 Å². The summed E-state index contributed by atoms with van der Waals surface area (Å²) in [4.78, 5) is 0. The summed E-state index contributed by atoms with van der Waals surface area (Å²) in [5.74, 6) is 0. The first kappa shape index (κ1) is 36.8. The van der Waals surface area contributed by atoms with Gasteiger partial charge in [0.15, 0.2) is 0 Å². The molecule has 0 spiro atoms. The number of fused-ring (bicyclic) bond motifs is 6. The van der Waals surface area contributed by atoms with Crippen LogP contribution in [0.4, 0.5) is 26.3 Å². The van der Waals surface area contributed by atoms with Crippen LogP contribution in [0, 0.1) is 39.0 Å². The maximum Gasteiger partial charge on any atom is 0.417 e. The Morgan fingerprint density at radius 3 is 1.29 bits per heavy atom. The van der Waals surface area contributed by atoms with E-state index < -0.39 is 29.0 Å². The lowest BCUT2D eigenvalue weighted by Gasteiger charge is -2.22. The molecule has 0 amide bonds. The first-order valence-corrected chi connectivity index (χ1v) is 18.6. The van der Waals surface area contributed by atoms with Crippen molar-refractivity contribution in [2.24, 2.45) is 0 Å². The molecule has 0 unspecified atom stereocenters. The minimum Gasteiger partial charge on any atom is -0.309 e. The third kappa shape index (κ3) is 5.90. The average molecular weight is 778 g/mol. The van der Waals surface area contributed by atoms with Gasteiger partial charge in [-0.2, -0.15) is 31.6 Å². The molecule has 0 radical (unpaired) electrons. The number of alkyl halides is 6. The number of aryl methyl sites for hydroxylation is 4. The highest BCUT2D eigenvalue weighted by Crippen LogP contribution is 2.48. The molecule has 286 valence electrons. The molecule has 0 atom stereocenters. The first-order valence-electron chi connectivity index (χ1n) is 18.6. The fourth-order valence-corrected chi connectivity index (χ4v) is 8.47. The van der Waals surface area contributed by atoms with Crippen molar-refractivity contribution in [3.63, 3.8) is 0 Å². The van der Waals surface area contributed by atoms with Gasteiger partial charge in [-0.05, 0) is 118 Å². The van der Waals surface area contributed by atoms with E-state index in [2.05, 4.69) is 30.3 Å². The van der Waals surface area contributed by atoms with E-state index in [1.165, 1.54) is 12.1 Å². The molecule has 2 aromatic heterocycles. The molecule has 58 heavy (non-hydrogen) atoms. The van der Waals surface area contributed by atoms with Gasteiger partial charge in [0.2, 0.25) is 0 Å². The van der Waals surface area contributed by atoms with Crippen LogP contribution < -0.4 is 0 Å². The van der Waals surface area contributed by atoms with Crippen LogP contribution in [0.3, 0.4) is 0 Å². The van der Waals surface area contributed by atoms with E-state index in [0.717, 1.165) is 71.9 Å². The summed E-state index contributed by atoms with van der Waals surface area (Å²) < 4.78 is 92.4. The van der Waals surface area contributed by atoms with Gasteiger partial charge < -0.3 is 9.13 Å². The lowest BCUT2D eigenvalue weighted by molar-refractivity contribution is -0.142. The predicted octanol–water partition coefficient (Wildman–Crippen LogP) is 14.4. The summed E-state index contributed by atoms with van der Waals surface area (Å²) in [6, 6.07) is 38.1. The number of rotatable bonds is 4. The van der Waals surface area contributed by atoms with Crippen molar-refractivity contribution < 1.29 is 26.3 Å². The number of aromatic nitrogens is 2. The molecule has 0 aliphatic rings. The van der Waals surface area contributed by atoms with Crippen LogP contribution in [0.2, 0.25) is 0 Å². The summed E-state index contributed by atoms with van der Waals surface area (Å²) in [6.45, 7) is 7.99. The fraction of sp³-hybridized carbons (Fsp3) is 0.122. The number of benzene rings is 7. The Morgan fingerprint density at radius 2 is 0.879 bits per heavy atom. The van der Waals surface area contributed by atoms with Crippen molar-refractivity contribution in [2.45, 2.75) is 40.0 Å². The monoisotopic (exact) mass is 777 g/mol. The van der Waals surface area contributed by atoms with Crippen LogP contribution >= 0.6 is 0 Å². The number of nitriles is 1. The SMILES string of the molecule is Cc1ccc2c(c1)c1cc(C)ccc1n2-c1ccc(-c2c(C(F)(F)F)cccc2C(F)(F)F)cc1-c1ccc(C#N)cc1-n1c2ccc(C)cc2c2cc(C)ccc21. The molecule has 0 aliphatic carbocycles. The molecule has 0 N–H and O–H groups in total. The van der Waals surface area contributed by atoms with Crippen molar-refractivity contribution >= 4 is 43.6 Å². The highest BCUT2D eigenvalue weighted by molar-refractivity contribution is 6.12. The van der Waals surface area contributed by atoms with E-state index >= 15 is 0 Å². The predicted molar refractivity (Wildman–Crippen MR) is 220 cm³/mol. The molecule has 0 fully saturated rings. The van der Waals surface area contributed by atoms with E-state index in [1.807, 2.05) is 85.4 Å². The Kier molecular flexibility index (Phi) is 8.34. The molecular formula is C49H33F6N3. The van der Waals surface area contributed by atoms with Gasteiger partial charge in [-0.3, -0.25) is 0 Å². The summed E-state index contributed by atoms with van der Waals surface area (Å²) in [6.07, 6.45) is -10.2. The van der Waals surface area contributed by atoms with Crippen molar-refractivity contribution in [3.05, 3.63) is 166 Å². The highest BCUT2D eigenvalue weighted by Gasteiger charge is 2.41. The number of halogens is 6. The Bertz CT molecular complexity index is 3060. The van der Waals surface area contributed by atoms with Crippen LogP contribution in [0.25, 0.3) is 77.2 Å². The zero-order valence-corrected chi connectivity index (χ0v) is 31.7. The van der Waals surface area contributed by atoms with Gasteiger partial charge in [-0.1, -0.05) is 64.7 Å². The molecule has 9 rings (SSSR count). The van der Waals surface area contributed by atoms with E-state index in [4.69, 9.17) is 0 Å². The van der Waals surface area contributed by atoms with Gasteiger partial charge in [-0.25, -0.2) is 0 Å². The molecule has 9 heteroatoms. The summed E-state index contributed by atoms with van der Waals surface area (Å²) in [7, 11) is 0. The van der Waals surface area contributed by atoms with Crippen LogP contribution in [-0.4, -0.2) is 9.13 Å². The van der Waals surface area contributed by atoms with Gasteiger partial charge in [-0.15, -0.1) is 0 Å². The topological polar surface area (TPSA) is 33.6 Å². The zero-order chi connectivity index (χ0) is 40.8. The molecule has 0 bridgehead atoms. The second-order valence-corrected chi connectivity index (χ2v) is 15.1. The maximum atomic E-state index is 14.7. The number of hydrogen-bond acceptors (Lipinski definition) is 1. The van der Waals surface area contributed by atoms with Gasteiger partial charge in [0, 0.05) is 38.2 Å². The van der Waals surface area contributed by atoms with Crippen molar-refractivity contribution in [1.29, 1.82) is 5.26 Å². The maximum absolute atomic E-state index is 14.7. The third-order valence-corrected chi connectivity index (χ3v) is 11.0. The molecule has 9 aromatic rings. The van der Waals surface area contributed by atoms with Gasteiger partial charge in [0.05, 0.1) is 56.2 Å². The van der Waals surface area contributed by atoms with Crippen LogP contribution in [0.1, 0.15) is 38.9 Å². The number of nitrogens with zero attached hydrogens (tertiary/aromatic N) is 3. The van der Waals surface area contributed by atoms with Crippen molar-refractivity contribution in [1.82, 2.24) is 9.13 Å². The zero-order valence-electron chi connectivity index (χ0n) is 31.7. The minimum absolute atomic E-state index is 0.254. The summed E-state index contributed by atoms with van der Waals surface area (Å²) in [5.41, 5.74) is 5.68. The molecule has 7 aromatic carbocycles. The Morgan fingerprint density at radius 1 is 0.448 bits per heavy atom. The van der Waals surface area contributed by atoms with Gasteiger partial charge >= 0.3 is 12.4 Å². The summed E-state index contributed by atoms with van der Waals surface area (Å²) >= 11 is 0. The van der Waals surface area contributed by atoms with Crippen LogP contribution in [0.15, 0.2) is 127 Å². The second-order valence-electron chi connectivity index (χ2n) is 15.1. The third-order valence-electron chi connectivity index (χ3n) is 11.0.